The number of hydrogen-bond acceptors (Lipinski definition) is 4. The van der Waals surface area contributed by atoms with Gasteiger partial charge in [-0.1, -0.05) is 40.2 Å². The van der Waals surface area contributed by atoms with Gasteiger partial charge in [-0.25, -0.2) is 8.42 Å². The molecule has 0 bridgehead atoms. The molecule has 1 N–H and O–H groups in total. The molecule has 0 aliphatic heterocycles. The third-order valence-corrected chi connectivity index (χ3v) is 5.43. The number of sulfone groups is 1. The summed E-state index contributed by atoms with van der Waals surface area (Å²) in [6, 6.07) is 13.4. The fourth-order valence-corrected chi connectivity index (χ4v) is 4.05. The van der Waals surface area contributed by atoms with Gasteiger partial charge in [0.1, 0.15) is 5.75 Å². The first-order valence-corrected chi connectivity index (χ1v) is 10.3. The monoisotopic (exact) mass is 438 g/mol. The Morgan fingerprint density at radius 1 is 1.08 bits per heavy atom. The predicted octanol–water partition coefficient (Wildman–Crippen LogP) is 2.70. The molecule has 0 aliphatic carbocycles. The normalized spacial score (nSPS) is 11.0. The zero-order valence-corrected chi connectivity index (χ0v) is 16.8. The van der Waals surface area contributed by atoms with Gasteiger partial charge in [0.05, 0.1) is 17.0 Å². The van der Waals surface area contributed by atoms with Crippen LogP contribution in [0.2, 0.25) is 0 Å². The van der Waals surface area contributed by atoms with Gasteiger partial charge in [0.15, 0.2) is 9.84 Å². The van der Waals surface area contributed by atoms with Crippen molar-refractivity contribution >= 4 is 43.3 Å². The third-order valence-electron chi connectivity index (χ3n) is 3.46. The van der Waals surface area contributed by atoms with Crippen LogP contribution in [0.5, 0.6) is 0 Å². The van der Waals surface area contributed by atoms with Crippen LogP contribution in [0.3, 0.4) is 0 Å². The van der Waals surface area contributed by atoms with Crippen LogP contribution < -0.4 is 5.32 Å². The summed E-state index contributed by atoms with van der Waals surface area (Å²) < 4.78 is 25.3. The number of carbonyl (C=O) groups is 2. The summed E-state index contributed by atoms with van der Waals surface area (Å²) >= 11 is 3.29. The quantitative estimate of drug-likeness (QED) is 0.751. The van der Waals surface area contributed by atoms with Crippen molar-refractivity contribution in [1.29, 1.82) is 0 Å². The number of hydrogen-bond donors (Lipinski definition) is 1. The SMILES string of the molecule is CN(C)C(=O)c1ccccc1NC(=O)CS(=O)(=O)Cc1cccc(Br)c1. The summed E-state index contributed by atoms with van der Waals surface area (Å²) in [5.41, 5.74) is 1.18. The number of para-hydroxylation sites is 1. The number of nitrogens with one attached hydrogen (secondary N) is 1. The Morgan fingerprint density at radius 3 is 2.42 bits per heavy atom. The number of halogens is 1. The van der Waals surface area contributed by atoms with E-state index in [1.54, 1.807) is 62.6 Å². The van der Waals surface area contributed by atoms with Gasteiger partial charge < -0.3 is 10.2 Å². The van der Waals surface area contributed by atoms with Gasteiger partial charge in [-0.15, -0.1) is 0 Å². The zero-order chi connectivity index (χ0) is 19.3. The molecule has 2 aromatic rings. The minimum atomic E-state index is -3.65. The summed E-state index contributed by atoms with van der Waals surface area (Å²) in [6.45, 7) is 0. The predicted molar refractivity (Wildman–Crippen MR) is 105 cm³/mol. The molecule has 0 aromatic heterocycles. The number of amides is 2. The molecule has 8 heteroatoms. The van der Waals surface area contributed by atoms with Crippen molar-refractivity contribution < 1.29 is 18.0 Å². The molecule has 0 unspecified atom stereocenters. The Balaban J connectivity index is 2.10. The summed E-state index contributed by atoms with van der Waals surface area (Å²) in [5.74, 6) is -1.86. The van der Waals surface area contributed by atoms with Crippen molar-refractivity contribution in [3.63, 3.8) is 0 Å². The highest BCUT2D eigenvalue weighted by molar-refractivity contribution is 9.10. The van der Waals surface area contributed by atoms with Crippen LogP contribution >= 0.6 is 15.9 Å². The Kier molecular flexibility index (Phi) is 6.55. The highest BCUT2D eigenvalue weighted by atomic mass is 79.9. The van der Waals surface area contributed by atoms with Gasteiger partial charge in [0.2, 0.25) is 5.91 Å². The first-order valence-electron chi connectivity index (χ1n) is 7.73. The molecule has 0 heterocycles. The Labute approximate surface area is 161 Å². The maximum atomic E-state index is 12.3. The maximum Gasteiger partial charge on any atom is 0.255 e. The number of benzene rings is 2. The maximum absolute atomic E-state index is 12.3. The molecule has 2 amide bonds. The van der Waals surface area contributed by atoms with Crippen molar-refractivity contribution in [2.45, 2.75) is 5.75 Å². The van der Waals surface area contributed by atoms with Crippen molar-refractivity contribution in [3.05, 3.63) is 64.1 Å². The lowest BCUT2D eigenvalue weighted by Gasteiger charge is -2.14. The molecular weight excluding hydrogens is 420 g/mol. The van der Waals surface area contributed by atoms with E-state index in [1.165, 1.54) is 4.90 Å². The summed E-state index contributed by atoms with van der Waals surface area (Å²) in [7, 11) is -0.447. The molecule has 138 valence electrons. The molecule has 2 rings (SSSR count). The van der Waals surface area contributed by atoms with Crippen molar-refractivity contribution in [2.75, 3.05) is 25.2 Å². The van der Waals surface area contributed by atoms with E-state index in [2.05, 4.69) is 21.2 Å². The first-order chi connectivity index (χ1) is 12.2. The van der Waals surface area contributed by atoms with Crippen molar-refractivity contribution in [1.82, 2.24) is 4.90 Å². The molecule has 0 saturated heterocycles. The fourth-order valence-electron chi connectivity index (χ4n) is 2.34. The standard InChI is InChI=1S/C18H19BrN2O4S/c1-21(2)18(23)15-8-3-4-9-16(15)20-17(22)12-26(24,25)11-13-6-5-7-14(19)10-13/h3-10H,11-12H2,1-2H3,(H,20,22). The van der Waals surface area contributed by atoms with Gasteiger partial charge in [-0.05, 0) is 29.8 Å². The van der Waals surface area contributed by atoms with Gasteiger partial charge in [-0.3, -0.25) is 9.59 Å². The zero-order valence-electron chi connectivity index (χ0n) is 14.4. The summed E-state index contributed by atoms with van der Waals surface area (Å²) in [5, 5.41) is 2.52. The van der Waals surface area contributed by atoms with E-state index in [0.717, 1.165) is 4.47 Å². The van der Waals surface area contributed by atoms with Gasteiger partial charge >= 0.3 is 0 Å². The minimum absolute atomic E-state index is 0.238. The topological polar surface area (TPSA) is 83.6 Å². The lowest BCUT2D eigenvalue weighted by molar-refractivity contribution is -0.113. The Hall–Kier alpha value is -2.19. The first kappa shape index (κ1) is 20.1. The Bertz CT molecular complexity index is 926. The highest BCUT2D eigenvalue weighted by Crippen LogP contribution is 2.18. The smallest absolute Gasteiger partial charge is 0.255 e. The molecule has 0 saturated carbocycles. The summed E-state index contributed by atoms with van der Waals surface area (Å²) in [6.07, 6.45) is 0. The largest absolute Gasteiger partial charge is 0.345 e. The second-order valence-corrected chi connectivity index (χ2v) is 8.94. The number of nitrogens with zero attached hydrogens (tertiary/aromatic N) is 1. The summed E-state index contributed by atoms with van der Waals surface area (Å²) in [4.78, 5) is 25.7. The van der Waals surface area contributed by atoms with E-state index in [0.29, 0.717) is 11.1 Å². The molecule has 0 atom stereocenters. The molecule has 0 spiro atoms. The van der Waals surface area contributed by atoms with E-state index in [1.807, 2.05) is 0 Å². The van der Waals surface area contributed by atoms with Crippen LogP contribution in [0.25, 0.3) is 0 Å². The van der Waals surface area contributed by atoms with Crippen LogP contribution in [0, 0.1) is 0 Å². The van der Waals surface area contributed by atoms with Crippen molar-refractivity contribution in [2.24, 2.45) is 0 Å². The lowest BCUT2D eigenvalue weighted by atomic mass is 10.1. The third kappa shape index (κ3) is 5.67. The Morgan fingerprint density at radius 2 is 1.77 bits per heavy atom. The second-order valence-electron chi connectivity index (χ2n) is 5.96. The van der Waals surface area contributed by atoms with E-state index < -0.39 is 21.5 Å². The fraction of sp³-hybridized carbons (Fsp3) is 0.222. The van der Waals surface area contributed by atoms with E-state index >= 15 is 0 Å². The molecule has 0 fully saturated rings. The second kappa shape index (κ2) is 8.46. The van der Waals surface area contributed by atoms with Crippen LogP contribution in [-0.2, 0) is 20.4 Å². The number of carbonyl (C=O) groups excluding carboxylic acids is 2. The van der Waals surface area contributed by atoms with E-state index in [9.17, 15) is 18.0 Å². The number of anilines is 1. The minimum Gasteiger partial charge on any atom is -0.345 e. The van der Waals surface area contributed by atoms with Crippen LogP contribution in [0.15, 0.2) is 53.0 Å². The van der Waals surface area contributed by atoms with Crippen molar-refractivity contribution in [3.8, 4) is 0 Å². The molecule has 2 aromatic carbocycles. The van der Waals surface area contributed by atoms with Gasteiger partial charge in [-0.2, -0.15) is 0 Å². The molecule has 0 radical (unpaired) electrons. The van der Waals surface area contributed by atoms with Gasteiger partial charge in [0.25, 0.3) is 5.91 Å². The highest BCUT2D eigenvalue weighted by Gasteiger charge is 2.20. The number of rotatable bonds is 6. The molecular formula is C18H19BrN2O4S. The molecule has 6 nitrogen and oxygen atoms in total. The average Bonchev–Trinajstić information content (AvgIpc) is 2.53. The molecule has 0 aliphatic rings. The average molecular weight is 439 g/mol. The van der Waals surface area contributed by atoms with Crippen LogP contribution in [0.4, 0.5) is 5.69 Å². The van der Waals surface area contributed by atoms with Crippen LogP contribution in [-0.4, -0.2) is 45.0 Å². The molecule has 26 heavy (non-hydrogen) atoms. The van der Waals surface area contributed by atoms with E-state index in [4.69, 9.17) is 0 Å². The lowest BCUT2D eigenvalue weighted by Crippen LogP contribution is -2.27. The van der Waals surface area contributed by atoms with Gasteiger partial charge in [0, 0.05) is 18.6 Å². The van der Waals surface area contributed by atoms with Crippen LogP contribution in [0.1, 0.15) is 15.9 Å². The van der Waals surface area contributed by atoms with E-state index in [-0.39, 0.29) is 17.3 Å².